The Labute approximate surface area is 187 Å². The molecule has 1 aromatic heterocycles. The number of ether oxygens (including phenoxy) is 1. The van der Waals surface area contributed by atoms with Crippen LogP contribution in [0.3, 0.4) is 0 Å². The van der Waals surface area contributed by atoms with Crippen molar-refractivity contribution >= 4 is 25.3 Å². The van der Waals surface area contributed by atoms with Gasteiger partial charge in [-0.05, 0) is 50.5 Å². The summed E-state index contributed by atoms with van der Waals surface area (Å²) in [5.41, 5.74) is 2.42. The van der Waals surface area contributed by atoms with Crippen molar-refractivity contribution < 1.29 is 14.0 Å². The van der Waals surface area contributed by atoms with E-state index in [4.69, 9.17) is 9.16 Å². The van der Waals surface area contributed by atoms with E-state index in [9.17, 15) is 4.79 Å². The van der Waals surface area contributed by atoms with Gasteiger partial charge in [0.15, 0.2) is 5.88 Å². The molecule has 5 heteroatoms. The van der Waals surface area contributed by atoms with E-state index in [1.54, 1.807) is 4.57 Å². The van der Waals surface area contributed by atoms with Crippen molar-refractivity contribution in [1.82, 2.24) is 4.57 Å². The normalized spacial score (nSPS) is 12.8. The second-order valence-electron chi connectivity index (χ2n) is 10.6. The van der Waals surface area contributed by atoms with Gasteiger partial charge < -0.3 is 9.16 Å². The van der Waals surface area contributed by atoms with Crippen LogP contribution in [-0.2, 0) is 11.2 Å². The SMILES string of the molecule is CC(C)(C)OC(=O)n1c(O[Si](C)(C)C(C)(C)C)c(Cc2ccccc2)c2ccccc21. The molecule has 0 fully saturated rings. The quantitative estimate of drug-likeness (QED) is 0.399. The molecule has 0 atom stereocenters. The Morgan fingerprint density at radius 3 is 2.06 bits per heavy atom. The van der Waals surface area contributed by atoms with Gasteiger partial charge in [-0.15, -0.1) is 0 Å². The first-order chi connectivity index (χ1) is 14.3. The average molecular weight is 438 g/mol. The lowest BCUT2D eigenvalue weighted by atomic mass is 10.0. The maximum Gasteiger partial charge on any atom is 0.421 e. The molecule has 0 amide bonds. The number of fused-ring (bicyclic) bond motifs is 1. The molecule has 0 unspecified atom stereocenters. The maximum atomic E-state index is 13.4. The summed E-state index contributed by atoms with van der Waals surface area (Å²) in [6.07, 6.45) is 0.276. The molecule has 3 aromatic rings. The zero-order valence-electron chi connectivity index (χ0n) is 20.1. The highest BCUT2D eigenvalue weighted by atomic mass is 28.4. The third kappa shape index (κ3) is 5.04. The Bertz CT molecular complexity index is 1070. The molecule has 0 N–H and O–H groups in total. The summed E-state index contributed by atoms with van der Waals surface area (Å²) in [6, 6.07) is 18.3. The second kappa shape index (κ2) is 8.19. The fraction of sp³-hybridized carbons (Fsp3) is 0.423. The molecule has 166 valence electrons. The van der Waals surface area contributed by atoms with Crippen molar-refractivity contribution in [2.45, 2.75) is 71.7 Å². The maximum absolute atomic E-state index is 13.4. The van der Waals surface area contributed by atoms with Gasteiger partial charge in [0.05, 0.1) is 5.52 Å². The highest BCUT2D eigenvalue weighted by molar-refractivity contribution is 6.74. The van der Waals surface area contributed by atoms with Crippen LogP contribution in [0.15, 0.2) is 54.6 Å². The first-order valence-corrected chi connectivity index (χ1v) is 13.8. The summed E-state index contributed by atoms with van der Waals surface area (Å²) in [5.74, 6) is 0.617. The first-order valence-electron chi connectivity index (χ1n) is 10.9. The summed E-state index contributed by atoms with van der Waals surface area (Å²) in [7, 11) is -2.22. The number of aromatic nitrogens is 1. The van der Waals surface area contributed by atoms with Crippen molar-refractivity contribution in [2.24, 2.45) is 0 Å². The summed E-state index contributed by atoms with van der Waals surface area (Å²) >= 11 is 0. The third-order valence-corrected chi connectivity index (χ3v) is 10.2. The molecular formula is C26H35NO3Si. The van der Waals surface area contributed by atoms with Crippen LogP contribution in [-0.4, -0.2) is 24.6 Å². The van der Waals surface area contributed by atoms with Gasteiger partial charge in [-0.2, -0.15) is 0 Å². The van der Waals surface area contributed by atoms with Crippen LogP contribution in [0, 0.1) is 0 Å². The molecule has 0 bridgehead atoms. The van der Waals surface area contributed by atoms with Gasteiger partial charge in [0, 0.05) is 17.4 Å². The number of para-hydroxylation sites is 1. The Morgan fingerprint density at radius 2 is 1.48 bits per heavy atom. The molecule has 2 aromatic carbocycles. The van der Waals surface area contributed by atoms with E-state index in [0.29, 0.717) is 12.3 Å². The van der Waals surface area contributed by atoms with Crippen molar-refractivity contribution in [1.29, 1.82) is 0 Å². The molecule has 31 heavy (non-hydrogen) atoms. The largest absolute Gasteiger partial charge is 0.531 e. The molecule has 4 nitrogen and oxygen atoms in total. The van der Waals surface area contributed by atoms with Crippen molar-refractivity contribution in [3.63, 3.8) is 0 Å². The molecule has 0 aliphatic heterocycles. The fourth-order valence-corrected chi connectivity index (χ4v) is 4.25. The summed E-state index contributed by atoms with van der Waals surface area (Å²) < 4.78 is 14.3. The Balaban J connectivity index is 2.26. The van der Waals surface area contributed by atoms with Crippen LogP contribution in [0.4, 0.5) is 4.79 Å². The molecule has 0 aliphatic carbocycles. The average Bonchev–Trinajstić information content (AvgIpc) is 2.93. The lowest BCUT2D eigenvalue weighted by Gasteiger charge is -2.37. The minimum Gasteiger partial charge on any atom is -0.531 e. The van der Waals surface area contributed by atoms with Crippen LogP contribution < -0.4 is 4.43 Å². The molecule has 0 saturated carbocycles. The molecule has 3 rings (SSSR count). The fourth-order valence-electron chi connectivity index (χ4n) is 3.25. The molecule has 1 heterocycles. The van der Waals surface area contributed by atoms with E-state index in [-0.39, 0.29) is 5.04 Å². The van der Waals surface area contributed by atoms with Crippen molar-refractivity contribution in [2.75, 3.05) is 0 Å². The number of rotatable bonds is 4. The molecule has 0 spiro atoms. The molecule has 0 radical (unpaired) electrons. The highest BCUT2D eigenvalue weighted by Gasteiger charge is 2.41. The van der Waals surface area contributed by atoms with Crippen LogP contribution in [0.5, 0.6) is 5.88 Å². The monoisotopic (exact) mass is 437 g/mol. The van der Waals surface area contributed by atoms with E-state index >= 15 is 0 Å². The molecule has 0 aliphatic rings. The van der Waals surface area contributed by atoms with Crippen LogP contribution in [0.1, 0.15) is 52.7 Å². The highest BCUT2D eigenvalue weighted by Crippen LogP contribution is 2.42. The number of hydrogen-bond donors (Lipinski definition) is 0. The number of carbonyl (C=O) groups is 1. The van der Waals surface area contributed by atoms with Gasteiger partial charge in [-0.1, -0.05) is 69.3 Å². The van der Waals surface area contributed by atoms with Gasteiger partial charge in [0.2, 0.25) is 0 Å². The lowest BCUT2D eigenvalue weighted by molar-refractivity contribution is 0.0536. The van der Waals surface area contributed by atoms with E-state index in [2.05, 4.69) is 52.1 Å². The minimum atomic E-state index is -2.22. The van der Waals surface area contributed by atoms with Crippen LogP contribution >= 0.6 is 0 Å². The van der Waals surface area contributed by atoms with E-state index in [1.165, 1.54) is 5.56 Å². The number of carbonyl (C=O) groups excluding carboxylic acids is 1. The van der Waals surface area contributed by atoms with Crippen LogP contribution in [0.25, 0.3) is 10.9 Å². The molecular weight excluding hydrogens is 402 g/mol. The van der Waals surface area contributed by atoms with Gasteiger partial charge in [-0.25, -0.2) is 9.36 Å². The van der Waals surface area contributed by atoms with Gasteiger partial charge in [0.1, 0.15) is 5.60 Å². The zero-order valence-corrected chi connectivity index (χ0v) is 21.1. The summed E-state index contributed by atoms with van der Waals surface area (Å²) in [6.45, 7) is 16.7. The van der Waals surface area contributed by atoms with Gasteiger partial charge in [-0.3, -0.25) is 0 Å². The van der Waals surface area contributed by atoms with Gasteiger partial charge in [0.25, 0.3) is 8.32 Å². The Morgan fingerprint density at radius 1 is 0.903 bits per heavy atom. The Hall–Kier alpha value is -2.53. The van der Waals surface area contributed by atoms with Crippen molar-refractivity contribution in [3.05, 3.63) is 65.7 Å². The van der Waals surface area contributed by atoms with E-state index < -0.39 is 20.0 Å². The Kier molecular flexibility index (Phi) is 6.11. The van der Waals surface area contributed by atoms with Crippen molar-refractivity contribution in [3.8, 4) is 5.88 Å². The zero-order chi connectivity index (χ0) is 23.0. The summed E-state index contributed by atoms with van der Waals surface area (Å²) in [5, 5.41) is 1.01. The first kappa shape index (κ1) is 23.1. The van der Waals surface area contributed by atoms with Crippen LogP contribution in [0.2, 0.25) is 18.1 Å². The minimum absolute atomic E-state index is 0.00771. The van der Waals surface area contributed by atoms with Gasteiger partial charge >= 0.3 is 6.09 Å². The number of nitrogens with zero attached hydrogens (tertiary/aromatic N) is 1. The van der Waals surface area contributed by atoms with E-state index in [1.807, 2.05) is 57.2 Å². The number of hydrogen-bond acceptors (Lipinski definition) is 3. The molecule has 0 saturated heterocycles. The standard InChI is InChI=1S/C26H35NO3Si/c1-25(2,3)29-24(28)27-22-17-13-12-16-20(22)21(18-19-14-10-9-11-15-19)23(27)30-31(7,8)26(4,5)6/h9-17H,18H2,1-8H3. The summed E-state index contributed by atoms with van der Waals surface area (Å²) in [4.78, 5) is 13.4. The van der Waals surface area contributed by atoms with E-state index in [0.717, 1.165) is 16.5 Å². The predicted octanol–water partition coefficient (Wildman–Crippen LogP) is 7.40. The number of benzene rings is 2. The lowest BCUT2D eigenvalue weighted by Crippen LogP contribution is -2.45. The second-order valence-corrected chi connectivity index (χ2v) is 15.4. The topological polar surface area (TPSA) is 40.5 Å². The smallest absolute Gasteiger partial charge is 0.421 e. The third-order valence-electron chi connectivity index (χ3n) is 5.89. The predicted molar refractivity (Wildman–Crippen MR) is 131 cm³/mol.